The Bertz CT molecular complexity index is 538. The summed E-state index contributed by atoms with van der Waals surface area (Å²) >= 11 is 0. The number of nitrogens with two attached hydrogens (primary N) is 1. The number of benzene rings is 1. The fourth-order valence-corrected chi connectivity index (χ4v) is 2.13. The number of fused-ring (bicyclic) bond motifs is 1. The van der Waals surface area contributed by atoms with Crippen molar-refractivity contribution < 1.29 is 9.13 Å². The molecule has 5 heteroatoms. The Morgan fingerprint density at radius 3 is 2.94 bits per heavy atom. The number of hydrogen-bond donors (Lipinski definition) is 1. The molecule has 0 saturated carbocycles. The highest BCUT2D eigenvalue weighted by atomic mass is 19.1. The van der Waals surface area contributed by atoms with Crippen LogP contribution >= 0.6 is 0 Å². The molecule has 0 fully saturated rings. The molecular formula is C13H18FN3O. The first kappa shape index (κ1) is 13.0. The molecule has 98 valence electrons. The summed E-state index contributed by atoms with van der Waals surface area (Å²) in [6, 6.07) is 4.63. The summed E-state index contributed by atoms with van der Waals surface area (Å²) in [7, 11) is 1.59. The predicted molar refractivity (Wildman–Crippen MR) is 68.8 cm³/mol. The number of hydrogen-bond acceptors (Lipinski definition) is 3. The van der Waals surface area contributed by atoms with Crippen molar-refractivity contribution in [3.8, 4) is 0 Å². The van der Waals surface area contributed by atoms with Crippen LogP contribution in [-0.2, 0) is 11.3 Å². The van der Waals surface area contributed by atoms with E-state index in [-0.39, 0.29) is 11.9 Å². The highest BCUT2D eigenvalue weighted by Gasteiger charge is 2.18. The van der Waals surface area contributed by atoms with Gasteiger partial charge in [0.25, 0.3) is 0 Å². The Kier molecular flexibility index (Phi) is 3.93. The molecule has 0 aliphatic heterocycles. The van der Waals surface area contributed by atoms with E-state index in [0.29, 0.717) is 17.9 Å². The summed E-state index contributed by atoms with van der Waals surface area (Å²) in [6.45, 7) is 3.21. The molecule has 2 N–H and O–H groups in total. The van der Waals surface area contributed by atoms with Crippen molar-refractivity contribution >= 4 is 11.0 Å². The maximum absolute atomic E-state index is 13.7. The molecule has 18 heavy (non-hydrogen) atoms. The first-order valence-electron chi connectivity index (χ1n) is 6.08. The van der Waals surface area contributed by atoms with Gasteiger partial charge in [-0.25, -0.2) is 9.37 Å². The first-order chi connectivity index (χ1) is 8.69. The van der Waals surface area contributed by atoms with E-state index in [1.165, 1.54) is 6.07 Å². The molecule has 1 aromatic carbocycles. The summed E-state index contributed by atoms with van der Waals surface area (Å²) in [5.41, 5.74) is 7.19. The van der Waals surface area contributed by atoms with Gasteiger partial charge in [-0.15, -0.1) is 0 Å². The summed E-state index contributed by atoms with van der Waals surface area (Å²) in [5, 5.41) is 0. The van der Waals surface area contributed by atoms with Crippen molar-refractivity contribution in [2.75, 3.05) is 13.7 Å². The van der Waals surface area contributed by atoms with Gasteiger partial charge in [0.1, 0.15) is 11.3 Å². The van der Waals surface area contributed by atoms with Gasteiger partial charge in [-0.3, -0.25) is 0 Å². The molecular weight excluding hydrogens is 233 g/mol. The van der Waals surface area contributed by atoms with Gasteiger partial charge in [0.2, 0.25) is 0 Å². The quantitative estimate of drug-likeness (QED) is 0.886. The standard InChI is InChI=1S/C13H18FN3O/c1-3-7-17-11-6-4-5-9(14)12(11)16-13(17)10(15)8-18-2/h4-6,10H,3,7-8,15H2,1-2H3. The molecule has 0 aliphatic carbocycles. The van der Waals surface area contributed by atoms with Gasteiger partial charge in [-0.1, -0.05) is 13.0 Å². The maximum atomic E-state index is 13.7. The number of nitrogens with zero attached hydrogens (tertiary/aromatic N) is 2. The van der Waals surface area contributed by atoms with Gasteiger partial charge in [-0.2, -0.15) is 0 Å². The second-order valence-corrected chi connectivity index (χ2v) is 4.29. The van der Waals surface area contributed by atoms with Crippen LogP contribution in [0.3, 0.4) is 0 Å². The average molecular weight is 251 g/mol. The number of aryl methyl sites for hydroxylation is 1. The van der Waals surface area contributed by atoms with Gasteiger partial charge in [0.15, 0.2) is 5.82 Å². The molecule has 0 spiro atoms. The highest BCUT2D eigenvalue weighted by molar-refractivity contribution is 5.76. The van der Waals surface area contributed by atoms with Gasteiger partial charge >= 0.3 is 0 Å². The summed E-state index contributed by atoms with van der Waals surface area (Å²) in [5.74, 6) is 0.368. The van der Waals surface area contributed by atoms with Crippen LogP contribution in [0.2, 0.25) is 0 Å². The molecule has 1 aromatic heterocycles. The molecule has 1 atom stereocenters. The molecule has 0 saturated heterocycles. The highest BCUT2D eigenvalue weighted by Crippen LogP contribution is 2.22. The van der Waals surface area contributed by atoms with Gasteiger partial charge in [-0.05, 0) is 18.6 Å². The Balaban J connectivity index is 2.57. The Labute approximate surface area is 106 Å². The van der Waals surface area contributed by atoms with Crippen LogP contribution in [0, 0.1) is 5.82 Å². The number of rotatable bonds is 5. The number of para-hydroxylation sites is 1. The van der Waals surface area contributed by atoms with Crippen LogP contribution in [0.15, 0.2) is 18.2 Å². The molecule has 0 amide bonds. The van der Waals surface area contributed by atoms with Crippen LogP contribution in [0.4, 0.5) is 4.39 Å². The topological polar surface area (TPSA) is 53.1 Å². The van der Waals surface area contributed by atoms with E-state index in [0.717, 1.165) is 18.5 Å². The van der Waals surface area contributed by atoms with Crippen LogP contribution in [0.25, 0.3) is 11.0 Å². The van der Waals surface area contributed by atoms with Gasteiger partial charge < -0.3 is 15.0 Å². The molecule has 1 unspecified atom stereocenters. The number of methoxy groups -OCH3 is 1. The summed E-state index contributed by atoms with van der Waals surface area (Å²) < 4.78 is 20.7. The smallest absolute Gasteiger partial charge is 0.151 e. The van der Waals surface area contributed by atoms with Crippen molar-refractivity contribution in [1.82, 2.24) is 9.55 Å². The van der Waals surface area contributed by atoms with E-state index >= 15 is 0 Å². The minimum Gasteiger partial charge on any atom is -0.383 e. The van der Waals surface area contributed by atoms with Crippen molar-refractivity contribution in [3.63, 3.8) is 0 Å². The van der Waals surface area contributed by atoms with Crippen molar-refractivity contribution in [3.05, 3.63) is 29.8 Å². The van der Waals surface area contributed by atoms with E-state index in [2.05, 4.69) is 11.9 Å². The summed E-state index contributed by atoms with van der Waals surface area (Å²) in [6.07, 6.45) is 0.939. The fourth-order valence-electron chi connectivity index (χ4n) is 2.13. The zero-order chi connectivity index (χ0) is 13.1. The first-order valence-corrected chi connectivity index (χ1v) is 6.08. The molecule has 2 aromatic rings. The van der Waals surface area contributed by atoms with E-state index in [9.17, 15) is 4.39 Å². The number of halogens is 1. The zero-order valence-corrected chi connectivity index (χ0v) is 10.7. The third-order valence-electron chi connectivity index (χ3n) is 2.88. The van der Waals surface area contributed by atoms with Crippen LogP contribution in [0.5, 0.6) is 0 Å². The van der Waals surface area contributed by atoms with Gasteiger partial charge in [0, 0.05) is 13.7 Å². The average Bonchev–Trinajstić information content (AvgIpc) is 2.71. The Morgan fingerprint density at radius 2 is 2.28 bits per heavy atom. The SMILES string of the molecule is CCCn1c(C(N)COC)nc2c(F)cccc21. The van der Waals surface area contributed by atoms with E-state index in [4.69, 9.17) is 10.5 Å². The minimum atomic E-state index is -0.339. The minimum absolute atomic E-state index is 0.312. The molecule has 4 nitrogen and oxygen atoms in total. The van der Waals surface area contributed by atoms with E-state index < -0.39 is 0 Å². The van der Waals surface area contributed by atoms with Crippen molar-refractivity contribution in [1.29, 1.82) is 0 Å². The number of ether oxygens (including phenoxy) is 1. The zero-order valence-electron chi connectivity index (χ0n) is 10.7. The lowest BCUT2D eigenvalue weighted by Crippen LogP contribution is -2.21. The maximum Gasteiger partial charge on any atom is 0.151 e. The van der Waals surface area contributed by atoms with Crippen molar-refractivity contribution in [2.45, 2.75) is 25.9 Å². The number of imidazole rings is 1. The second-order valence-electron chi connectivity index (χ2n) is 4.29. The monoisotopic (exact) mass is 251 g/mol. The fraction of sp³-hybridized carbons (Fsp3) is 0.462. The molecule has 1 heterocycles. The number of aromatic nitrogens is 2. The largest absolute Gasteiger partial charge is 0.383 e. The molecule has 0 radical (unpaired) electrons. The second kappa shape index (κ2) is 5.46. The molecule has 2 rings (SSSR count). The Hall–Kier alpha value is -1.46. The molecule has 0 aliphatic rings. The van der Waals surface area contributed by atoms with Crippen LogP contribution < -0.4 is 5.73 Å². The lowest BCUT2D eigenvalue weighted by Gasteiger charge is -2.13. The van der Waals surface area contributed by atoms with E-state index in [1.807, 2.05) is 10.6 Å². The predicted octanol–water partition coefficient (Wildman–Crippen LogP) is 2.23. The van der Waals surface area contributed by atoms with Crippen molar-refractivity contribution in [2.24, 2.45) is 5.73 Å². The molecule has 0 bridgehead atoms. The summed E-state index contributed by atoms with van der Waals surface area (Å²) in [4.78, 5) is 4.33. The van der Waals surface area contributed by atoms with Crippen LogP contribution in [-0.4, -0.2) is 23.3 Å². The lowest BCUT2D eigenvalue weighted by atomic mass is 10.3. The lowest BCUT2D eigenvalue weighted by molar-refractivity contribution is 0.177. The van der Waals surface area contributed by atoms with E-state index in [1.54, 1.807) is 13.2 Å². The van der Waals surface area contributed by atoms with Gasteiger partial charge in [0.05, 0.1) is 18.2 Å². The third kappa shape index (κ3) is 2.23. The normalized spacial score (nSPS) is 13.1. The third-order valence-corrected chi connectivity index (χ3v) is 2.88. The van der Waals surface area contributed by atoms with Crippen LogP contribution in [0.1, 0.15) is 25.2 Å². The Morgan fingerprint density at radius 1 is 1.50 bits per heavy atom.